The number of hydrogen-bond donors (Lipinski definition) is 0. The lowest BCUT2D eigenvalue weighted by Crippen LogP contribution is -2.20. The molecule has 1 unspecified atom stereocenters. The summed E-state index contributed by atoms with van der Waals surface area (Å²) in [6.45, 7) is 2.34. The molecule has 0 saturated heterocycles. The van der Waals surface area contributed by atoms with E-state index in [-0.39, 0.29) is 5.92 Å². The lowest BCUT2D eigenvalue weighted by atomic mass is 9.83. The Hall–Kier alpha value is -7.56. The van der Waals surface area contributed by atoms with E-state index in [4.69, 9.17) is 4.98 Å². The molecule has 0 aliphatic carbocycles. The SMILES string of the molecule is CC1c2cc(-c3cc(-c4ccccc4)c4c(c3)c3ccccc3n4-c3ccccc3)ccc2N(c2ccc(-c3ccccn3)cc2)c2ccc(-c3ccccn3)cc21. The van der Waals surface area contributed by atoms with Crippen LogP contribution in [0.15, 0.2) is 207 Å². The Labute approximate surface area is 338 Å². The zero-order valence-electron chi connectivity index (χ0n) is 32.0. The molecule has 0 amide bonds. The van der Waals surface area contributed by atoms with E-state index in [0.717, 1.165) is 33.9 Å². The van der Waals surface area contributed by atoms with Crippen LogP contribution in [0.25, 0.3) is 72.3 Å². The van der Waals surface area contributed by atoms with Crippen LogP contribution in [0.3, 0.4) is 0 Å². The molecule has 0 radical (unpaired) electrons. The Morgan fingerprint density at radius 3 is 1.69 bits per heavy atom. The maximum Gasteiger partial charge on any atom is 0.0702 e. The average Bonchev–Trinajstić information content (AvgIpc) is 3.64. The fourth-order valence-corrected chi connectivity index (χ4v) is 8.92. The number of hydrogen-bond acceptors (Lipinski definition) is 3. The van der Waals surface area contributed by atoms with Crippen LogP contribution in [-0.2, 0) is 0 Å². The summed E-state index contributed by atoms with van der Waals surface area (Å²) in [4.78, 5) is 11.7. The second kappa shape index (κ2) is 13.9. The topological polar surface area (TPSA) is 34.0 Å². The van der Waals surface area contributed by atoms with Gasteiger partial charge in [-0.1, -0.05) is 110 Å². The third kappa shape index (κ3) is 5.61. The van der Waals surface area contributed by atoms with E-state index < -0.39 is 0 Å². The molecule has 3 aromatic heterocycles. The van der Waals surface area contributed by atoms with Gasteiger partial charge < -0.3 is 9.47 Å². The molecule has 11 rings (SSSR count). The highest BCUT2D eigenvalue weighted by Gasteiger charge is 2.30. The lowest BCUT2D eigenvalue weighted by molar-refractivity contribution is 0.892. The van der Waals surface area contributed by atoms with Crippen molar-refractivity contribution in [2.75, 3.05) is 4.90 Å². The summed E-state index contributed by atoms with van der Waals surface area (Å²) in [5, 5.41) is 2.48. The van der Waals surface area contributed by atoms with Crippen LogP contribution >= 0.6 is 0 Å². The van der Waals surface area contributed by atoms with Crippen LogP contribution < -0.4 is 4.90 Å². The minimum Gasteiger partial charge on any atom is -0.310 e. The van der Waals surface area contributed by atoms with Gasteiger partial charge in [-0.25, -0.2) is 0 Å². The van der Waals surface area contributed by atoms with Gasteiger partial charge in [0.2, 0.25) is 0 Å². The van der Waals surface area contributed by atoms with Crippen LogP contribution in [0.5, 0.6) is 0 Å². The highest BCUT2D eigenvalue weighted by Crippen LogP contribution is 2.51. The van der Waals surface area contributed by atoms with E-state index in [1.54, 1.807) is 0 Å². The Morgan fingerprint density at radius 1 is 0.414 bits per heavy atom. The third-order valence-corrected chi connectivity index (χ3v) is 11.7. The minimum atomic E-state index is 0.134. The van der Waals surface area contributed by atoms with Gasteiger partial charge in [0.05, 0.1) is 22.4 Å². The van der Waals surface area contributed by atoms with Crippen molar-refractivity contribution in [1.29, 1.82) is 0 Å². The fourth-order valence-electron chi connectivity index (χ4n) is 8.92. The van der Waals surface area contributed by atoms with Crippen LogP contribution in [0.4, 0.5) is 17.1 Å². The van der Waals surface area contributed by atoms with E-state index >= 15 is 0 Å². The Kier molecular flexibility index (Phi) is 8.07. The minimum absolute atomic E-state index is 0.134. The fraction of sp³-hybridized carbons (Fsp3) is 0.0370. The smallest absolute Gasteiger partial charge is 0.0702 e. The monoisotopic (exact) mass is 742 g/mol. The molecule has 1 aliphatic heterocycles. The first-order valence-corrected chi connectivity index (χ1v) is 19.9. The van der Waals surface area contributed by atoms with E-state index in [0.29, 0.717) is 0 Å². The van der Waals surface area contributed by atoms with Crippen LogP contribution in [0.1, 0.15) is 24.0 Å². The van der Waals surface area contributed by atoms with Crippen molar-refractivity contribution in [2.45, 2.75) is 12.8 Å². The maximum atomic E-state index is 4.72. The molecule has 10 aromatic rings. The molecule has 274 valence electrons. The molecule has 0 spiro atoms. The summed E-state index contributed by atoms with van der Waals surface area (Å²) in [5.41, 5.74) is 18.5. The summed E-state index contributed by atoms with van der Waals surface area (Å²) in [7, 11) is 0. The van der Waals surface area contributed by atoms with Crippen molar-refractivity contribution in [2.24, 2.45) is 0 Å². The summed E-state index contributed by atoms with van der Waals surface area (Å²) in [6, 6.07) is 70.0. The largest absolute Gasteiger partial charge is 0.310 e. The van der Waals surface area contributed by atoms with Crippen LogP contribution in [-0.4, -0.2) is 14.5 Å². The number of para-hydroxylation sites is 2. The zero-order valence-corrected chi connectivity index (χ0v) is 32.0. The predicted molar refractivity (Wildman–Crippen MR) is 240 cm³/mol. The Morgan fingerprint density at radius 2 is 1.00 bits per heavy atom. The van der Waals surface area contributed by atoms with Gasteiger partial charge in [0.1, 0.15) is 0 Å². The molecule has 0 N–H and O–H groups in total. The molecule has 1 aliphatic rings. The third-order valence-electron chi connectivity index (χ3n) is 11.7. The first-order valence-electron chi connectivity index (χ1n) is 19.9. The lowest BCUT2D eigenvalue weighted by Gasteiger charge is -2.37. The molecule has 0 bridgehead atoms. The maximum absolute atomic E-state index is 4.72. The van der Waals surface area contributed by atoms with Gasteiger partial charge in [-0.3, -0.25) is 9.97 Å². The number of fused-ring (bicyclic) bond motifs is 5. The molecule has 58 heavy (non-hydrogen) atoms. The molecule has 1 atom stereocenters. The van der Waals surface area contributed by atoms with Crippen molar-refractivity contribution in [1.82, 2.24) is 14.5 Å². The second-order valence-electron chi connectivity index (χ2n) is 15.1. The quantitative estimate of drug-likeness (QED) is 0.170. The predicted octanol–water partition coefficient (Wildman–Crippen LogP) is 14.2. The summed E-state index contributed by atoms with van der Waals surface area (Å²) in [5.74, 6) is 0.134. The highest BCUT2D eigenvalue weighted by molar-refractivity contribution is 6.15. The van der Waals surface area contributed by atoms with Crippen molar-refractivity contribution >= 4 is 38.9 Å². The molecular weight excluding hydrogens is 705 g/mol. The number of benzene rings is 7. The van der Waals surface area contributed by atoms with Crippen LogP contribution in [0, 0.1) is 0 Å². The molecular formula is C54H38N4. The first kappa shape index (κ1) is 33.8. The molecule has 4 nitrogen and oxygen atoms in total. The van der Waals surface area contributed by atoms with E-state index in [1.807, 2.05) is 30.6 Å². The van der Waals surface area contributed by atoms with Crippen molar-refractivity contribution < 1.29 is 0 Å². The normalized spacial score (nSPS) is 13.4. The van der Waals surface area contributed by atoms with Crippen molar-refractivity contribution in [3.05, 3.63) is 218 Å². The van der Waals surface area contributed by atoms with E-state index in [1.165, 1.54) is 66.6 Å². The first-order chi connectivity index (χ1) is 28.7. The zero-order chi connectivity index (χ0) is 38.6. The summed E-state index contributed by atoms with van der Waals surface area (Å²) >= 11 is 0. The molecule has 0 saturated carbocycles. The van der Waals surface area contributed by atoms with Crippen molar-refractivity contribution in [3.8, 4) is 50.5 Å². The molecule has 7 aromatic carbocycles. The summed E-state index contributed by atoms with van der Waals surface area (Å²) in [6.07, 6.45) is 3.72. The molecule has 0 fully saturated rings. The highest BCUT2D eigenvalue weighted by atomic mass is 15.2. The number of anilines is 3. The van der Waals surface area contributed by atoms with Gasteiger partial charge in [0, 0.05) is 68.5 Å². The van der Waals surface area contributed by atoms with Gasteiger partial charge in [0.15, 0.2) is 0 Å². The number of aromatic nitrogens is 3. The van der Waals surface area contributed by atoms with Crippen molar-refractivity contribution in [3.63, 3.8) is 0 Å². The standard InChI is InChI=1S/C54H38N4/c1-36-45-32-39(41-34-47(37-14-4-2-5-15-37)54-48(35-41)44-18-8-9-21-51(44)58(54)42-16-6-3-7-17-42)24-28-52(45)57(43-26-22-38(23-27-43)49-19-10-12-30-55-49)53-29-25-40(33-46(36)53)50-20-11-13-31-56-50/h2-36H,1H3. The van der Waals surface area contributed by atoms with E-state index in [9.17, 15) is 0 Å². The number of rotatable bonds is 6. The van der Waals surface area contributed by atoms with Gasteiger partial charge >= 0.3 is 0 Å². The average molecular weight is 743 g/mol. The molecule has 4 heteroatoms. The summed E-state index contributed by atoms with van der Waals surface area (Å²) < 4.78 is 2.43. The van der Waals surface area contributed by atoms with Gasteiger partial charge in [-0.05, 0) is 119 Å². The van der Waals surface area contributed by atoms with Gasteiger partial charge in [-0.15, -0.1) is 0 Å². The number of nitrogens with zero attached hydrogens (tertiary/aromatic N) is 4. The van der Waals surface area contributed by atoms with Gasteiger partial charge in [-0.2, -0.15) is 0 Å². The second-order valence-corrected chi connectivity index (χ2v) is 15.1. The number of pyridine rings is 2. The van der Waals surface area contributed by atoms with E-state index in [2.05, 4.69) is 197 Å². The Bertz CT molecular complexity index is 3100. The Balaban J connectivity index is 1.11. The van der Waals surface area contributed by atoms with Gasteiger partial charge in [0.25, 0.3) is 0 Å². The molecule has 4 heterocycles. The van der Waals surface area contributed by atoms with Crippen LogP contribution in [0.2, 0.25) is 0 Å².